The van der Waals surface area contributed by atoms with Crippen molar-refractivity contribution in [3.8, 4) is 6.07 Å². The smallest absolute Gasteiger partial charge is 0.243 e. The van der Waals surface area contributed by atoms with E-state index in [1.165, 1.54) is 0 Å². The van der Waals surface area contributed by atoms with E-state index in [0.29, 0.717) is 24.4 Å². The number of carbonyl (C=O) groups excluding carboxylic acids is 1. The van der Waals surface area contributed by atoms with Crippen molar-refractivity contribution < 1.29 is 4.79 Å². The van der Waals surface area contributed by atoms with Crippen molar-refractivity contribution in [1.29, 1.82) is 5.26 Å². The molecule has 0 unspecified atom stereocenters. The molecule has 1 fully saturated rings. The highest BCUT2D eigenvalue weighted by atomic mass is 35.5. The summed E-state index contributed by atoms with van der Waals surface area (Å²) in [5.74, 6) is -0.0631. The molecule has 0 spiro atoms. The standard InChI is InChI=1S/C17H21ClN2O/c1-20(12-14-8-4-5-9-15(14)18)16(21)17(13-19)10-6-2-3-7-11-17/h4-5,8-9H,2-3,6-7,10-12H2,1H3. The summed E-state index contributed by atoms with van der Waals surface area (Å²) in [6.45, 7) is 0.446. The van der Waals surface area contributed by atoms with E-state index in [4.69, 9.17) is 11.6 Å². The van der Waals surface area contributed by atoms with Crippen LogP contribution < -0.4 is 0 Å². The summed E-state index contributed by atoms with van der Waals surface area (Å²) >= 11 is 6.15. The van der Waals surface area contributed by atoms with Gasteiger partial charge in [0, 0.05) is 18.6 Å². The SMILES string of the molecule is CN(Cc1ccccc1Cl)C(=O)C1(C#N)CCCCCC1. The molecule has 1 aliphatic rings. The molecule has 0 aromatic heterocycles. The molecule has 0 N–H and O–H groups in total. The van der Waals surface area contributed by atoms with Crippen molar-refractivity contribution in [2.45, 2.75) is 45.1 Å². The maximum absolute atomic E-state index is 12.8. The van der Waals surface area contributed by atoms with Crippen LogP contribution in [0.15, 0.2) is 24.3 Å². The van der Waals surface area contributed by atoms with Gasteiger partial charge < -0.3 is 4.90 Å². The Kier molecular flexibility index (Phi) is 5.25. The van der Waals surface area contributed by atoms with Crippen LogP contribution in [0, 0.1) is 16.7 Å². The lowest BCUT2D eigenvalue weighted by molar-refractivity contribution is -0.138. The number of amides is 1. The van der Waals surface area contributed by atoms with Crippen LogP contribution in [-0.2, 0) is 11.3 Å². The van der Waals surface area contributed by atoms with Crippen molar-refractivity contribution in [3.05, 3.63) is 34.9 Å². The molecule has 112 valence electrons. The third-order valence-electron chi connectivity index (χ3n) is 4.29. The zero-order valence-corrected chi connectivity index (χ0v) is 13.2. The first-order chi connectivity index (χ1) is 10.1. The lowest BCUT2D eigenvalue weighted by Crippen LogP contribution is -2.40. The van der Waals surface area contributed by atoms with E-state index in [2.05, 4.69) is 6.07 Å². The molecular weight excluding hydrogens is 284 g/mol. The van der Waals surface area contributed by atoms with Crippen molar-refractivity contribution >= 4 is 17.5 Å². The second-order valence-electron chi connectivity index (χ2n) is 5.86. The minimum atomic E-state index is -0.841. The lowest BCUT2D eigenvalue weighted by atomic mass is 9.80. The fourth-order valence-corrected chi connectivity index (χ4v) is 3.22. The van der Waals surface area contributed by atoms with Gasteiger partial charge in [0.25, 0.3) is 0 Å². The van der Waals surface area contributed by atoms with Crippen LogP contribution in [0.4, 0.5) is 0 Å². The minimum Gasteiger partial charge on any atom is -0.340 e. The molecule has 21 heavy (non-hydrogen) atoms. The van der Waals surface area contributed by atoms with E-state index in [1.807, 2.05) is 24.3 Å². The third-order valence-corrected chi connectivity index (χ3v) is 4.66. The van der Waals surface area contributed by atoms with Crippen LogP contribution in [0.5, 0.6) is 0 Å². The predicted molar refractivity (Wildman–Crippen MR) is 83.7 cm³/mol. The summed E-state index contributed by atoms with van der Waals surface area (Å²) in [6, 6.07) is 9.83. The van der Waals surface area contributed by atoms with Gasteiger partial charge in [0.15, 0.2) is 0 Å². The molecule has 1 aromatic carbocycles. The van der Waals surface area contributed by atoms with Gasteiger partial charge in [-0.3, -0.25) is 4.79 Å². The van der Waals surface area contributed by atoms with Gasteiger partial charge >= 0.3 is 0 Å². The van der Waals surface area contributed by atoms with E-state index < -0.39 is 5.41 Å². The van der Waals surface area contributed by atoms with Crippen LogP contribution in [0.1, 0.15) is 44.1 Å². The summed E-state index contributed by atoms with van der Waals surface area (Å²) < 4.78 is 0. The molecule has 0 atom stereocenters. The summed E-state index contributed by atoms with van der Waals surface area (Å²) in [6.07, 6.45) is 5.50. The average Bonchev–Trinajstić information content (AvgIpc) is 2.75. The molecule has 0 heterocycles. The Bertz CT molecular complexity index is 542. The highest BCUT2D eigenvalue weighted by Crippen LogP contribution is 2.36. The molecule has 1 saturated carbocycles. The third kappa shape index (κ3) is 3.57. The van der Waals surface area contributed by atoms with Gasteiger partial charge in [-0.05, 0) is 24.5 Å². The Morgan fingerprint density at radius 1 is 1.29 bits per heavy atom. The summed E-state index contributed by atoms with van der Waals surface area (Å²) in [5.41, 5.74) is 0.0729. The Balaban J connectivity index is 2.14. The number of carbonyl (C=O) groups is 1. The maximum Gasteiger partial charge on any atom is 0.243 e. The van der Waals surface area contributed by atoms with Crippen LogP contribution >= 0.6 is 11.6 Å². The fraction of sp³-hybridized carbons (Fsp3) is 0.529. The Morgan fingerprint density at radius 3 is 2.48 bits per heavy atom. The number of rotatable bonds is 3. The first-order valence-corrected chi connectivity index (χ1v) is 7.87. The highest BCUT2D eigenvalue weighted by Gasteiger charge is 2.40. The maximum atomic E-state index is 12.8. The molecule has 0 saturated heterocycles. The fourth-order valence-electron chi connectivity index (χ4n) is 3.02. The number of nitrogens with zero attached hydrogens (tertiary/aromatic N) is 2. The summed E-state index contributed by atoms with van der Waals surface area (Å²) in [4.78, 5) is 14.4. The van der Waals surface area contributed by atoms with Crippen LogP contribution in [-0.4, -0.2) is 17.9 Å². The average molecular weight is 305 g/mol. The van der Waals surface area contributed by atoms with E-state index >= 15 is 0 Å². The summed E-state index contributed by atoms with van der Waals surface area (Å²) in [5, 5.41) is 10.2. The van der Waals surface area contributed by atoms with E-state index in [9.17, 15) is 10.1 Å². The van der Waals surface area contributed by atoms with Crippen molar-refractivity contribution in [3.63, 3.8) is 0 Å². The first-order valence-electron chi connectivity index (χ1n) is 7.49. The number of benzene rings is 1. The van der Waals surface area contributed by atoms with Gasteiger partial charge in [-0.1, -0.05) is 55.5 Å². The molecule has 0 bridgehead atoms. The highest BCUT2D eigenvalue weighted by molar-refractivity contribution is 6.31. The first kappa shape index (κ1) is 15.9. The predicted octanol–water partition coefficient (Wildman–Crippen LogP) is 4.16. The molecular formula is C17H21ClN2O. The molecule has 1 amide bonds. The Hall–Kier alpha value is -1.53. The number of nitriles is 1. The molecule has 1 aromatic rings. The van der Waals surface area contributed by atoms with Crippen molar-refractivity contribution in [1.82, 2.24) is 4.90 Å². The van der Waals surface area contributed by atoms with E-state index in [0.717, 1.165) is 31.2 Å². The van der Waals surface area contributed by atoms with Crippen molar-refractivity contribution in [2.24, 2.45) is 5.41 Å². The largest absolute Gasteiger partial charge is 0.340 e. The zero-order chi connectivity index (χ0) is 15.3. The zero-order valence-electron chi connectivity index (χ0n) is 12.4. The van der Waals surface area contributed by atoms with Gasteiger partial charge in [-0.25, -0.2) is 0 Å². The molecule has 0 aliphatic heterocycles. The number of halogens is 1. The van der Waals surface area contributed by atoms with Crippen LogP contribution in [0.2, 0.25) is 5.02 Å². The van der Waals surface area contributed by atoms with Crippen LogP contribution in [0.3, 0.4) is 0 Å². The molecule has 4 heteroatoms. The second kappa shape index (κ2) is 6.95. The van der Waals surface area contributed by atoms with Gasteiger partial charge in [-0.2, -0.15) is 5.26 Å². The minimum absolute atomic E-state index is 0.0631. The van der Waals surface area contributed by atoms with E-state index in [-0.39, 0.29) is 5.91 Å². The van der Waals surface area contributed by atoms with Crippen LogP contribution in [0.25, 0.3) is 0 Å². The Morgan fingerprint density at radius 2 is 1.90 bits per heavy atom. The second-order valence-corrected chi connectivity index (χ2v) is 6.27. The Labute approximate surface area is 131 Å². The monoisotopic (exact) mass is 304 g/mol. The number of hydrogen-bond acceptors (Lipinski definition) is 2. The van der Waals surface area contributed by atoms with Gasteiger partial charge in [0.2, 0.25) is 5.91 Å². The lowest BCUT2D eigenvalue weighted by Gasteiger charge is -2.29. The quantitative estimate of drug-likeness (QED) is 0.787. The van der Waals surface area contributed by atoms with E-state index in [1.54, 1.807) is 11.9 Å². The number of hydrogen-bond donors (Lipinski definition) is 0. The van der Waals surface area contributed by atoms with Gasteiger partial charge in [-0.15, -0.1) is 0 Å². The van der Waals surface area contributed by atoms with Gasteiger partial charge in [0.05, 0.1) is 6.07 Å². The molecule has 2 rings (SSSR count). The van der Waals surface area contributed by atoms with Crippen molar-refractivity contribution in [2.75, 3.05) is 7.05 Å². The normalized spacial score (nSPS) is 17.6. The molecule has 3 nitrogen and oxygen atoms in total. The van der Waals surface area contributed by atoms with Gasteiger partial charge in [0.1, 0.15) is 5.41 Å². The molecule has 1 aliphatic carbocycles. The topological polar surface area (TPSA) is 44.1 Å². The summed E-state index contributed by atoms with van der Waals surface area (Å²) in [7, 11) is 1.76. The molecule has 0 radical (unpaired) electrons.